The molecule has 0 saturated heterocycles. The van der Waals surface area contributed by atoms with E-state index < -0.39 is 17.5 Å². The molecule has 0 aliphatic carbocycles. The van der Waals surface area contributed by atoms with Gasteiger partial charge in [-0.05, 0) is 42.5 Å². The molecule has 28 heavy (non-hydrogen) atoms. The van der Waals surface area contributed by atoms with E-state index in [1.807, 2.05) is 30.6 Å². The van der Waals surface area contributed by atoms with Gasteiger partial charge in [0.2, 0.25) is 5.91 Å². The fourth-order valence-electron chi connectivity index (χ4n) is 2.47. The van der Waals surface area contributed by atoms with E-state index in [0.717, 1.165) is 12.1 Å². The second-order valence-corrected chi connectivity index (χ2v) is 6.95. The number of rotatable bonds is 6. The zero-order valence-electron chi connectivity index (χ0n) is 14.7. The highest BCUT2D eigenvalue weighted by Gasteiger charge is 2.13. The second-order valence-electron chi connectivity index (χ2n) is 5.78. The van der Waals surface area contributed by atoms with Gasteiger partial charge in [0.05, 0.1) is 11.3 Å². The van der Waals surface area contributed by atoms with Crippen molar-refractivity contribution in [3.05, 3.63) is 84.2 Å². The summed E-state index contributed by atoms with van der Waals surface area (Å²) < 4.78 is 27.8. The molecule has 0 unspecified atom stereocenters. The van der Waals surface area contributed by atoms with E-state index in [1.165, 1.54) is 17.8 Å². The van der Waals surface area contributed by atoms with Crippen LogP contribution in [0, 0.1) is 11.6 Å². The van der Waals surface area contributed by atoms with E-state index in [-0.39, 0.29) is 12.3 Å². The predicted octanol–water partition coefficient (Wildman–Crippen LogP) is 3.70. The third-order valence-electron chi connectivity index (χ3n) is 3.84. The lowest BCUT2D eigenvalue weighted by Crippen LogP contribution is -2.42. The molecule has 0 bridgehead atoms. The Labute approximate surface area is 164 Å². The normalized spacial score (nSPS) is 10.5. The number of aromatic nitrogens is 1. The van der Waals surface area contributed by atoms with Crippen molar-refractivity contribution in [2.24, 2.45) is 0 Å². The summed E-state index contributed by atoms with van der Waals surface area (Å²) in [6, 6.07) is 14.3. The molecule has 0 aliphatic rings. The average Bonchev–Trinajstić information content (AvgIpc) is 3.23. The lowest BCUT2D eigenvalue weighted by molar-refractivity contribution is -0.121. The summed E-state index contributed by atoms with van der Waals surface area (Å²) in [5.41, 5.74) is 5.86. The van der Waals surface area contributed by atoms with Crippen LogP contribution in [0.4, 0.5) is 8.78 Å². The molecule has 1 heterocycles. The summed E-state index contributed by atoms with van der Waals surface area (Å²) >= 11 is 1.22. The molecule has 3 rings (SSSR count). The number of halogens is 2. The van der Waals surface area contributed by atoms with Crippen LogP contribution in [0.5, 0.6) is 0 Å². The molecule has 0 spiro atoms. The highest BCUT2D eigenvalue weighted by atomic mass is 32.2. The summed E-state index contributed by atoms with van der Waals surface area (Å²) in [6.45, 7) is 0. The van der Waals surface area contributed by atoms with Crippen LogP contribution >= 0.6 is 11.8 Å². The van der Waals surface area contributed by atoms with Crippen molar-refractivity contribution < 1.29 is 18.4 Å². The van der Waals surface area contributed by atoms with Gasteiger partial charge in [-0.1, -0.05) is 12.1 Å². The molecule has 5 nitrogen and oxygen atoms in total. The molecule has 0 saturated carbocycles. The molecule has 8 heteroatoms. The van der Waals surface area contributed by atoms with Crippen molar-refractivity contribution >= 4 is 23.6 Å². The van der Waals surface area contributed by atoms with Gasteiger partial charge in [-0.15, -0.1) is 11.8 Å². The SMILES string of the molecule is O=C(CCSc1ccc(F)c(F)c1)NNC(=O)c1ccccc1-n1cccc1. The van der Waals surface area contributed by atoms with Crippen LogP contribution in [-0.2, 0) is 4.79 Å². The van der Waals surface area contributed by atoms with E-state index in [0.29, 0.717) is 21.9 Å². The number of benzene rings is 2. The molecule has 1 aromatic heterocycles. The molecule has 144 valence electrons. The van der Waals surface area contributed by atoms with Gasteiger partial charge in [-0.25, -0.2) is 8.78 Å². The van der Waals surface area contributed by atoms with Crippen LogP contribution in [0.15, 0.2) is 71.9 Å². The first-order valence-corrected chi connectivity index (χ1v) is 9.42. The molecule has 2 aromatic carbocycles. The van der Waals surface area contributed by atoms with Crippen molar-refractivity contribution in [3.63, 3.8) is 0 Å². The van der Waals surface area contributed by atoms with Crippen molar-refractivity contribution in [2.75, 3.05) is 5.75 Å². The largest absolute Gasteiger partial charge is 0.323 e. The van der Waals surface area contributed by atoms with Gasteiger partial charge < -0.3 is 4.57 Å². The van der Waals surface area contributed by atoms with Crippen LogP contribution in [0.3, 0.4) is 0 Å². The first-order chi connectivity index (χ1) is 13.5. The van der Waals surface area contributed by atoms with Crippen LogP contribution in [0.1, 0.15) is 16.8 Å². The number of para-hydroxylation sites is 1. The molecule has 0 radical (unpaired) electrons. The molecular weight excluding hydrogens is 384 g/mol. The van der Waals surface area contributed by atoms with Crippen LogP contribution in [-0.4, -0.2) is 22.1 Å². The minimum absolute atomic E-state index is 0.100. The minimum Gasteiger partial charge on any atom is -0.323 e. The second kappa shape index (κ2) is 9.18. The predicted molar refractivity (Wildman–Crippen MR) is 103 cm³/mol. The highest BCUT2D eigenvalue weighted by Crippen LogP contribution is 2.21. The van der Waals surface area contributed by atoms with Crippen molar-refractivity contribution in [3.8, 4) is 5.69 Å². The number of hydrazine groups is 1. The van der Waals surface area contributed by atoms with Gasteiger partial charge in [0.15, 0.2) is 11.6 Å². The smallest absolute Gasteiger partial charge is 0.271 e. The summed E-state index contributed by atoms with van der Waals surface area (Å²) in [6.07, 6.45) is 3.74. The topological polar surface area (TPSA) is 63.1 Å². The Hall–Kier alpha value is -3.13. The number of nitrogens with zero attached hydrogens (tertiary/aromatic N) is 1. The molecule has 0 atom stereocenters. The van der Waals surface area contributed by atoms with Gasteiger partial charge in [-0.3, -0.25) is 20.4 Å². The number of hydrogen-bond donors (Lipinski definition) is 2. The van der Waals surface area contributed by atoms with Gasteiger partial charge in [0.1, 0.15) is 0 Å². The molecule has 0 aliphatic heterocycles. The van der Waals surface area contributed by atoms with Gasteiger partial charge in [0, 0.05) is 29.5 Å². The number of hydrogen-bond acceptors (Lipinski definition) is 3. The van der Waals surface area contributed by atoms with Gasteiger partial charge in [-0.2, -0.15) is 0 Å². The first kappa shape index (κ1) is 19.6. The lowest BCUT2D eigenvalue weighted by atomic mass is 10.1. The average molecular weight is 401 g/mol. The molecule has 3 aromatic rings. The zero-order valence-corrected chi connectivity index (χ0v) is 15.5. The molecule has 2 N–H and O–H groups in total. The zero-order chi connectivity index (χ0) is 19.9. The monoisotopic (exact) mass is 401 g/mol. The van der Waals surface area contributed by atoms with E-state index in [4.69, 9.17) is 0 Å². The van der Waals surface area contributed by atoms with E-state index >= 15 is 0 Å². The van der Waals surface area contributed by atoms with Crippen LogP contribution in [0.2, 0.25) is 0 Å². The first-order valence-electron chi connectivity index (χ1n) is 8.44. The Morgan fingerprint density at radius 1 is 0.929 bits per heavy atom. The van der Waals surface area contributed by atoms with Crippen LogP contribution < -0.4 is 10.9 Å². The summed E-state index contributed by atoms with van der Waals surface area (Å²) in [4.78, 5) is 24.9. The maximum atomic E-state index is 13.2. The van der Waals surface area contributed by atoms with E-state index in [1.54, 1.807) is 22.8 Å². The summed E-state index contributed by atoms with van der Waals surface area (Å²) in [7, 11) is 0. The van der Waals surface area contributed by atoms with Gasteiger partial charge in [0.25, 0.3) is 5.91 Å². The molecular formula is C20H17F2N3O2S. The quantitative estimate of drug-likeness (QED) is 0.489. The van der Waals surface area contributed by atoms with Crippen molar-refractivity contribution in [1.82, 2.24) is 15.4 Å². The standard InChI is InChI=1S/C20H17F2N3O2S/c21-16-8-7-14(13-17(16)22)28-12-9-19(26)23-24-20(27)15-5-1-2-6-18(15)25-10-3-4-11-25/h1-8,10-11,13H,9,12H2,(H,23,26)(H,24,27). The molecule has 2 amide bonds. The molecule has 0 fully saturated rings. The number of carbonyl (C=O) groups excluding carboxylic acids is 2. The van der Waals surface area contributed by atoms with Crippen molar-refractivity contribution in [2.45, 2.75) is 11.3 Å². The van der Waals surface area contributed by atoms with Crippen LogP contribution in [0.25, 0.3) is 5.69 Å². The Balaban J connectivity index is 1.50. The fraction of sp³-hybridized carbons (Fsp3) is 0.100. The number of thioether (sulfide) groups is 1. The Kier molecular flexibility index (Phi) is 6.44. The number of nitrogens with one attached hydrogen (secondary N) is 2. The fourth-order valence-corrected chi connectivity index (χ4v) is 3.34. The van der Waals surface area contributed by atoms with Gasteiger partial charge >= 0.3 is 0 Å². The minimum atomic E-state index is -0.928. The Morgan fingerprint density at radius 3 is 2.43 bits per heavy atom. The van der Waals surface area contributed by atoms with E-state index in [2.05, 4.69) is 10.9 Å². The Morgan fingerprint density at radius 2 is 1.68 bits per heavy atom. The Bertz CT molecular complexity index is 977. The highest BCUT2D eigenvalue weighted by molar-refractivity contribution is 7.99. The third kappa shape index (κ3) is 4.98. The maximum Gasteiger partial charge on any atom is 0.271 e. The number of carbonyl (C=O) groups is 2. The lowest BCUT2D eigenvalue weighted by Gasteiger charge is -2.12. The maximum absolute atomic E-state index is 13.2. The number of amides is 2. The van der Waals surface area contributed by atoms with Crippen molar-refractivity contribution in [1.29, 1.82) is 0 Å². The van der Waals surface area contributed by atoms with E-state index in [9.17, 15) is 18.4 Å². The third-order valence-corrected chi connectivity index (χ3v) is 4.83. The summed E-state index contributed by atoms with van der Waals surface area (Å²) in [5.74, 6) is -2.31. The summed E-state index contributed by atoms with van der Waals surface area (Å²) in [5, 5.41) is 0.